The van der Waals surface area contributed by atoms with Crippen LogP contribution in [0.2, 0.25) is 0 Å². The van der Waals surface area contributed by atoms with Crippen LogP contribution in [0, 0.1) is 11.3 Å². The predicted octanol–water partition coefficient (Wildman–Crippen LogP) is 2.62. The van der Waals surface area contributed by atoms with Crippen molar-refractivity contribution in [2.24, 2.45) is 0 Å². The number of aliphatic hydroxyl groups is 1. The van der Waals surface area contributed by atoms with E-state index < -0.39 is 0 Å². The highest BCUT2D eigenvalue weighted by atomic mass is 16.4. The summed E-state index contributed by atoms with van der Waals surface area (Å²) < 4.78 is 5.01. The summed E-state index contributed by atoms with van der Waals surface area (Å²) in [5.41, 5.74) is 0.509. The molecule has 78 valence electrons. The first kappa shape index (κ1) is 9.99. The molecule has 2 aromatic heterocycles. The van der Waals surface area contributed by atoms with Crippen molar-refractivity contribution in [1.29, 1.82) is 5.26 Å². The summed E-state index contributed by atoms with van der Waals surface area (Å²) in [5, 5.41) is 18.8. The van der Waals surface area contributed by atoms with Gasteiger partial charge in [-0.1, -0.05) is 6.07 Å². The standard InChI is InChI=1S/C12H8N2O2/c13-8-9(10-4-1-2-6-14-10)12(15)11-5-3-7-16-11/h1-7,15H/b12-9+. The van der Waals surface area contributed by atoms with Gasteiger partial charge in [0.25, 0.3) is 0 Å². The van der Waals surface area contributed by atoms with Crippen molar-refractivity contribution in [1.82, 2.24) is 4.98 Å². The maximum absolute atomic E-state index is 9.85. The SMILES string of the molecule is N#C/C(=C(\O)c1ccco1)c1ccccn1. The lowest BCUT2D eigenvalue weighted by atomic mass is 10.1. The number of hydrogen-bond donors (Lipinski definition) is 1. The zero-order valence-corrected chi connectivity index (χ0v) is 8.29. The highest BCUT2D eigenvalue weighted by Crippen LogP contribution is 2.22. The Morgan fingerprint density at radius 3 is 2.75 bits per heavy atom. The van der Waals surface area contributed by atoms with Crippen LogP contribution in [0.5, 0.6) is 0 Å². The fraction of sp³-hybridized carbons (Fsp3) is 0. The van der Waals surface area contributed by atoms with E-state index in [0.717, 1.165) is 0 Å². The lowest BCUT2D eigenvalue weighted by molar-refractivity contribution is 0.461. The van der Waals surface area contributed by atoms with Gasteiger partial charge in [0.15, 0.2) is 11.5 Å². The molecule has 0 bridgehead atoms. The second kappa shape index (κ2) is 4.32. The Balaban J connectivity index is 2.52. The lowest BCUT2D eigenvalue weighted by Crippen LogP contribution is -1.91. The molecule has 0 spiro atoms. The van der Waals surface area contributed by atoms with E-state index in [1.807, 2.05) is 6.07 Å². The topological polar surface area (TPSA) is 70.0 Å². The molecule has 2 aromatic rings. The van der Waals surface area contributed by atoms with Gasteiger partial charge in [0.05, 0.1) is 12.0 Å². The van der Waals surface area contributed by atoms with Crippen LogP contribution in [0.3, 0.4) is 0 Å². The van der Waals surface area contributed by atoms with Gasteiger partial charge in [-0.3, -0.25) is 4.98 Å². The van der Waals surface area contributed by atoms with Crippen LogP contribution in [0.15, 0.2) is 47.2 Å². The molecule has 0 unspecified atom stereocenters. The van der Waals surface area contributed by atoms with E-state index in [1.165, 1.54) is 6.26 Å². The van der Waals surface area contributed by atoms with E-state index in [1.54, 1.807) is 36.5 Å². The minimum atomic E-state index is -0.203. The average Bonchev–Trinajstić information content (AvgIpc) is 2.85. The molecule has 0 aliphatic carbocycles. The van der Waals surface area contributed by atoms with E-state index in [2.05, 4.69) is 4.98 Å². The van der Waals surface area contributed by atoms with Gasteiger partial charge < -0.3 is 9.52 Å². The van der Waals surface area contributed by atoms with Crippen LogP contribution in [-0.2, 0) is 0 Å². The van der Waals surface area contributed by atoms with Gasteiger partial charge in [0.1, 0.15) is 11.6 Å². The minimum absolute atomic E-state index is 0.0931. The quantitative estimate of drug-likeness (QED) is 0.613. The van der Waals surface area contributed by atoms with Crippen LogP contribution in [-0.4, -0.2) is 10.1 Å². The normalized spacial score (nSPS) is 11.7. The van der Waals surface area contributed by atoms with Gasteiger partial charge in [0, 0.05) is 6.20 Å². The zero-order chi connectivity index (χ0) is 11.4. The number of aromatic nitrogens is 1. The van der Waals surface area contributed by atoms with Crippen molar-refractivity contribution in [3.05, 3.63) is 54.2 Å². The average molecular weight is 212 g/mol. The summed E-state index contributed by atoms with van der Waals surface area (Å²) in [7, 11) is 0. The maximum Gasteiger partial charge on any atom is 0.178 e. The summed E-state index contributed by atoms with van der Waals surface area (Å²) >= 11 is 0. The van der Waals surface area contributed by atoms with Gasteiger partial charge in [-0.05, 0) is 24.3 Å². The Bertz CT molecular complexity index is 536. The number of pyridine rings is 1. The molecule has 0 aliphatic heterocycles. The van der Waals surface area contributed by atoms with E-state index >= 15 is 0 Å². The van der Waals surface area contributed by atoms with Crippen molar-refractivity contribution in [3.63, 3.8) is 0 Å². The molecule has 2 rings (SSSR count). The summed E-state index contributed by atoms with van der Waals surface area (Å²) in [6.45, 7) is 0. The molecule has 4 nitrogen and oxygen atoms in total. The monoisotopic (exact) mass is 212 g/mol. The second-order valence-electron chi connectivity index (χ2n) is 3.03. The van der Waals surface area contributed by atoms with E-state index in [4.69, 9.17) is 9.68 Å². The number of allylic oxidation sites excluding steroid dienone is 1. The molecule has 0 aliphatic rings. The third kappa shape index (κ3) is 1.79. The summed E-state index contributed by atoms with van der Waals surface area (Å²) in [5.74, 6) is 0.0494. The smallest absolute Gasteiger partial charge is 0.178 e. The minimum Gasteiger partial charge on any atom is -0.503 e. The Hall–Kier alpha value is -2.54. The first-order valence-corrected chi connectivity index (χ1v) is 4.61. The predicted molar refractivity (Wildman–Crippen MR) is 58.0 cm³/mol. The largest absolute Gasteiger partial charge is 0.503 e. The fourth-order valence-corrected chi connectivity index (χ4v) is 1.28. The Labute approximate surface area is 92.1 Å². The number of aliphatic hydroxyl groups excluding tert-OH is 1. The highest BCUT2D eigenvalue weighted by molar-refractivity contribution is 5.91. The van der Waals surface area contributed by atoms with Crippen molar-refractivity contribution in [3.8, 4) is 6.07 Å². The summed E-state index contributed by atoms with van der Waals surface area (Å²) in [6.07, 6.45) is 2.99. The molecule has 0 aromatic carbocycles. The van der Waals surface area contributed by atoms with E-state index in [9.17, 15) is 5.11 Å². The van der Waals surface area contributed by atoms with Gasteiger partial charge in [-0.2, -0.15) is 5.26 Å². The summed E-state index contributed by atoms with van der Waals surface area (Å²) in [4.78, 5) is 4.00. The van der Waals surface area contributed by atoms with Crippen LogP contribution in [0.25, 0.3) is 11.3 Å². The van der Waals surface area contributed by atoms with Crippen LogP contribution in [0.4, 0.5) is 0 Å². The van der Waals surface area contributed by atoms with Crippen molar-refractivity contribution in [2.75, 3.05) is 0 Å². The Morgan fingerprint density at radius 1 is 1.31 bits per heavy atom. The molecule has 0 saturated heterocycles. The zero-order valence-electron chi connectivity index (χ0n) is 8.29. The highest BCUT2D eigenvalue weighted by Gasteiger charge is 2.12. The maximum atomic E-state index is 9.85. The van der Waals surface area contributed by atoms with Gasteiger partial charge >= 0.3 is 0 Å². The molecule has 0 atom stereocenters. The first-order valence-electron chi connectivity index (χ1n) is 4.61. The van der Waals surface area contributed by atoms with Crippen LogP contribution >= 0.6 is 0 Å². The van der Waals surface area contributed by atoms with Gasteiger partial charge in [0.2, 0.25) is 0 Å². The molecule has 1 N–H and O–H groups in total. The molecule has 0 amide bonds. The number of furan rings is 1. The molecule has 0 saturated carbocycles. The van der Waals surface area contributed by atoms with Crippen LogP contribution in [0.1, 0.15) is 11.5 Å². The van der Waals surface area contributed by atoms with Crippen molar-refractivity contribution < 1.29 is 9.52 Å². The van der Waals surface area contributed by atoms with E-state index in [0.29, 0.717) is 5.69 Å². The molecule has 0 fully saturated rings. The first-order chi connectivity index (χ1) is 7.83. The molecule has 2 heterocycles. The van der Waals surface area contributed by atoms with Crippen molar-refractivity contribution >= 4 is 11.3 Å². The number of nitriles is 1. The third-order valence-electron chi connectivity index (χ3n) is 2.02. The van der Waals surface area contributed by atoms with Crippen LogP contribution < -0.4 is 0 Å². The lowest BCUT2D eigenvalue weighted by Gasteiger charge is -2.00. The molecular weight excluding hydrogens is 204 g/mol. The van der Waals surface area contributed by atoms with E-state index in [-0.39, 0.29) is 17.1 Å². The van der Waals surface area contributed by atoms with Gasteiger partial charge in [-0.15, -0.1) is 0 Å². The summed E-state index contributed by atoms with van der Waals surface area (Å²) in [6, 6.07) is 10.3. The number of nitrogens with zero attached hydrogens (tertiary/aromatic N) is 2. The Kier molecular flexibility index (Phi) is 2.70. The number of hydrogen-bond acceptors (Lipinski definition) is 4. The molecule has 0 radical (unpaired) electrons. The fourth-order valence-electron chi connectivity index (χ4n) is 1.28. The molecule has 4 heteroatoms. The molecule has 16 heavy (non-hydrogen) atoms. The second-order valence-corrected chi connectivity index (χ2v) is 3.03. The Morgan fingerprint density at radius 2 is 2.19 bits per heavy atom. The molecular formula is C12H8N2O2. The number of rotatable bonds is 2. The third-order valence-corrected chi connectivity index (χ3v) is 2.02. The van der Waals surface area contributed by atoms with Crippen molar-refractivity contribution in [2.45, 2.75) is 0 Å². The van der Waals surface area contributed by atoms with Gasteiger partial charge in [-0.25, -0.2) is 0 Å².